The third kappa shape index (κ3) is 5.67. The molecule has 1 fully saturated rings. The lowest BCUT2D eigenvalue weighted by atomic mass is 9.96. The number of aryl methyl sites for hydroxylation is 1. The van der Waals surface area contributed by atoms with Crippen molar-refractivity contribution < 1.29 is 22.7 Å². The number of phenols is 1. The molecule has 1 saturated heterocycles. The SMILES string of the molecule is Cc1cc(F)cc(-c2cnc3ccn(-c4cc(O)cc(C(F)(F)F)c4)c(=O)c3c2CN(C)C[C@@H]2CCCN2)c1. The molecule has 0 amide bonds. The maximum absolute atomic E-state index is 14.4. The molecule has 2 aromatic heterocycles. The lowest BCUT2D eigenvalue weighted by Crippen LogP contribution is -2.35. The van der Waals surface area contributed by atoms with Crippen molar-refractivity contribution in [2.24, 2.45) is 0 Å². The van der Waals surface area contributed by atoms with Gasteiger partial charge in [0.2, 0.25) is 0 Å². The van der Waals surface area contributed by atoms with E-state index in [1.807, 2.05) is 7.05 Å². The molecule has 0 aliphatic carbocycles. The van der Waals surface area contributed by atoms with Crippen LogP contribution in [0.2, 0.25) is 0 Å². The van der Waals surface area contributed by atoms with Gasteiger partial charge in [0, 0.05) is 43.2 Å². The molecule has 6 nitrogen and oxygen atoms in total. The van der Waals surface area contributed by atoms with Gasteiger partial charge in [0.1, 0.15) is 11.6 Å². The summed E-state index contributed by atoms with van der Waals surface area (Å²) in [6.07, 6.45) is 0.351. The Morgan fingerprint density at radius 2 is 1.97 bits per heavy atom. The number of aromatic hydroxyl groups is 1. The zero-order chi connectivity index (χ0) is 27.9. The van der Waals surface area contributed by atoms with E-state index >= 15 is 0 Å². The summed E-state index contributed by atoms with van der Waals surface area (Å²) in [5.41, 5.74) is 0.994. The Labute approximate surface area is 222 Å². The lowest BCUT2D eigenvalue weighted by molar-refractivity contribution is -0.137. The van der Waals surface area contributed by atoms with E-state index in [2.05, 4.69) is 15.2 Å². The zero-order valence-corrected chi connectivity index (χ0v) is 21.5. The number of likely N-dealkylation sites (N-methyl/N-ethyl adjacent to an activating group) is 1. The van der Waals surface area contributed by atoms with Crippen molar-refractivity contribution in [2.45, 2.75) is 38.5 Å². The van der Waals surface area contributed by atoms with Gasteiger partial charge in [-0.3, -0.25) is 14.3 Å². The van der Waals surface area contributed by atoms with Crippen molar-refractivity contribution in [1.29, 1.82) is 0 Å². The average molecular weight is 541 g/mol. The summed E-state index contributed by atoms with van der Waals surface area (Å²) < 4.78 is 55.8. The summed E-state index contributed by atoms with van der Waals surface area (Å²) in [6.45, 7) is 3.76. The number of benzene rings is 2. The second-order valence-corrected chi connectivity index (χ2v) is 10.1. The van der Waals surface area contributed by atoms with Crippen molar-refractivity contribution in [3.8, 4) is 22.6 Å². The quantitative estimate of drug-likeness (QED) is 0.320. The number of alkyl halides is 3. The smallest absolute Gasteiger partial charge is 0.416 e. The number of hydrogen-bond acceptors (Lipinski definition) is 5. The van der Waals surface area contributed by atoms with Gasteiger partial charge in [-0.25, -0.2) is 4.39 Å². The third-order valence-corrected chi connectivity index (χ3v) is 7.01. The van der Waals surface area contributed by atoms with Crippen LogP contribution in [0.3, 0.4) is 0 Å². The van der Waals surface area contributed by atoms with E-state index in [-0.39, 0.29) is 11.1 Å². The van der Waals surface area contributed by atoms with Gasteiger partial charge in [0.25, 0.3) is 5.56 Å². The van der Waals surface area contributed by atoms with Gasteiger partial charge in [-0.15, -0.1) is 0 Å². The van der Waals surface area contributed by atoms with Crippen molar-refractivity contribution in [1.82, 2.24) is 19.8 Å². The number of rotatable bonds is 6. The molecule has 0 unspecified atom stereocenters. The fourth-order valence-corrected chi connectivity index (χ4v) is 5.29. The van der Waals surface area contributed by atoms with Crippen molar-refractivity contribution in [3.63, 3.8) is 0 Å². The maximum atomic E-state index is 14.4. The molecule has 0 saturated carbocycles. The number of halogens is 4. The highest BCUT2D eigenvalue weighted by Gasteiger charge is 2.31. The maximum Gasteiger partial charge on any atom is 0.416 e. The predicted molar refractivity (Wildman–Crippen MR) is 141 cm³/mol. The highest BCUT2D eigenvalue weighted by atomic mass is 19.4. The minimum Gasteiger partial charge on any atom is -0.508 e. The fraction of sp³-hybridized carbons (Fsp3) is 0.310. The topological polar surface area (TPSA) is 70.4 Å². The van der Waals surface area contributed by atoms with E-state index in [4.69, 9.17) is 0 Å². The van der Waals surface area contributed by atoms with Crippen LogP contribution in [-0.4, -0.2) is 45.7 Å². The number of nitrogens with zero attached hydrogens (tertiary/aromatic N) is 3. The summed E-state index contributed by atoms with van der Waals surface area (Å²) in [5, 5.41) is 13.7. The molecule has 3 heterocycles. The second-order valence-electron chi connectivity index (χ2n) is 10.1. The molecule has 204 valence electrons. The Kier molecular flexibility index (Phi) is 7.17. The van der Waals surface area contributed by atoms with Gasteiger partial charge < -0.3 is 15.3 Å². The van der Waals surface area contributed by atoms with Crippen LogP contribution in [0.5, 0.6) is 5.75 Å². The molecule has 0 spiro atoms. The summed E-state index contributed by atoms with van der Waals surface area (Å²) in [6, 6.07) is 8.97. The molecular formula is C29H28F4N4O2. The molecule has 1 aliphatic rings. The number of fused-ring (bicyclic) bond motifs is 1. The second kappa shape index (κ2) is 10.4. The Hall–Kier alpha value is -3.76. The van der Waals surface area contributed by atoms with Crippen LogP contribution in [0.1, 0.15) is 29.5 Å². The van der Waals surface area contributed by atoms with Crippen molar-refractivity contribution in [3.05, 3.63) is 87.7 Å². The van der Waals surface area contributed by atoms with E-state index in [0.717, 1.165) is 36.1 Å². The van der Waals surface area contributed by atoms with Crippen LogP contribution in [0.15, 0.2) is 59.7 Å². The Balaban J connectivity index is 1.71. The average Bonchev–Trinajstić information content (AvgIpc) is 3.35. The third-order valence-electron chi connectivity index (χ3n) is 7.01. The van der Waals surface area contributed by atoms with Crippen LogP contribution in [0.25, 0.3) is 27.7 Å². The van der Waals surface area contributed by atoms with Gasteiger partial charge in [-0.2, -0.15) is 13.2 Å². The largest absolute Gasteiger partial charge is 0.508 e. The summed E-state index contributed by atoms with van der Waals surface area (Å²) in [4.78, 5) is 20.5. The first kappa shape index (κ1) is 26.8. The predicted octanol–water partition coefficient (Wildman–Crippen LogP) is 5.41. The molecule has 39 heavy (non-hydrogen) atoms. The van der Waals surface area contributed by atoms with Crippen LogP contribution in [0, 0.1) is 12.7 Å². The van der Waals surface area contributed by atoms with E-state index in [1.54, 1.807) is 25.3 Å². The minimum absolute atomic E-state index is 0.129. The van der Waals surface area contributed by atoms with Crippen molar-refractivity contribution >= 4 is 10.9 Å². The number of pyridine rings is 2. The molecular weight excluding hydrogens is 512 g/mol. The molecule has 2 N–H and O–H groups in total. The Morgan fingerprint density at radius 1 is 1.18 bits per heavy atom. The van der Waals surface area contributed by atoms with Crippen LogP contribution >= 0.6 is 0 Å². The molecule has 10 heteroatoms. The van der Waals surface area contributed by atoms with Gasteiger partial charge in [0.05, 0.1) is 22.2 Å². The summed E-state index contributed by atoms with van der Waals surface area (Å²) in [5.74, 6) is -1.04. The van der Waals surface area contributed by atoms with E-state index in [9.17, 15) is 27.5 Å². The first-order valence-corrected chi connectivity index (χ1v) is 12.6. The number of phenolic OH excluding ortho intramolecular Hbond substituents is 1. The molecule has 1 aliphatic heterocycles. The monoisotopic (exact) mass is 540 g/mol. The standard InChI is InChI=1S/C29H28F4N4O2/c1-17-8-18(10-20(30)9-17)24-14-35-26-5-7-37(22-11-19(29(31,32)33)12-23(38)13-22)28(39)27(26)25(24)16-36(2)15-21-4-3-6-34-21/h5,7-14,21,34,38H,3-4,6,15-16H2,1-2H3/t21-/m0/s1. The number of aromatic nitrogens is 2. The zero-order valence-electron chi connectivity index (χ0n) is 21.5. The van der Waals surface area contributed by atoms with Gasteiger partial charge >= 0.3 is 6.18 Å². The highest BCUT2D eigenvalue weighted by Crippen LogP contribution is 2.34. The first-order chi connectivity index (χ1) is 18.5. The lowest BCUT2D eigenvalue weighted by Gasteiger charge is -2.23. The Bertz CT molecular complexity index is 1570. The summed E-state index contributed by atoms with van der Waals surface area (Å²) in [7, 11) is 1.93. The van der Waals surface area contributed by atoms with E-state index in [0.29, 0.717) is 53.0 Å². The molecule has 0 bridgehead atoms. The van der Waals surface area contributed by atoms with Gasteiger partial charge in [0.15, 0.2) is 0 Å². The Morgan fingerprint density at radius 3 is 2.67 bits per heavy atom. The number of hydrogen-bond donors (Lipinski definition) is 2. The van der Waals surface area contributed by atoms with E-state index < -0.39 is 28.9 Å². The molecule has 2 aromatic carbocycles. The molecule has 1 atom stereocenters. The molecule has 0 radical (unpaired) electrons. The van der Waals surface area contributed by atoms with Crippen LogP contribution < -0.4 is 10.9 Å². The number of nitrogens with one attached hydrogen (secondary N) is 1. The fourth-order valence-electron chi connectivity index (χ4n) is 5.29. The normalized spacial score (nSPS) is 15.9. The molecule has 4 aromatic rings. The van der Waals surface area contributed by atoms with E-state index in [1.165, 1.54) is 18.3 Å². The van der Waals surface area contributed by atoms with Crippen LogP contribution in [-0.2, 0) is 12.7 Å². The summed E-state index contributed by atoms with van der Waals surface area (Å²) >= 11 is 0. The first-order valence-electron chi connectivity index (χ1n) is 12.6. The van der Waals surface area contributed by atoms with Crippen LogP contribution in [0.4, 0.5) is 17.6 Å². The van der Waals surface area contributed by atoms with Gasteiger partial charge in [-0.1, -0.05) is 6.07 Å². The van der Waals surface area contributed by atoms with Gasteiger partial charge in [-0.05, 0) is 80.4 Å². The highest BCUT2D eigenvalue weighted by molar-refractivity contribution is 5.88. The minimum atomic E-state index is -4.71. The van der Waals surface area contributed by atoms with Crippen molar-refractivity contribution in [2.75, 3.05) is 20.1 Å². The molecule has 5 rings (SSSR count).